The average molecular weight is 296 g/mol. The van der Waals surface area contributed by atoms with E-state index in [1.54, 1.807) is 36.0 Å². The second-order valence-electron chi connectivity index (χ2n) is 4.94. The molecule has 0 radical (unpaired) electrons. The van der Waals surface area contributed by atoms with Gasteiger partial charge in [0, 0.05) is 17.0 Å². The zero-order valence-electron chi connectivity index (χ0n) is 11.9. The number of aliphatic carboxylic acids is 1. The molecule has 1 aromatic rings. The van der Waals surface area contributed by atoms with Crippen molar-refractivity contribution in [1.29, 1.82) is 0 Å². The van der Waals surface area contributed by atoms with Crippen molar-refractivity contribution < 1.29 is 14.7 Å². The molecule has 20 heavy (non-hydrogen) atoms. The summed E-state index contributed by atoms with van der Waals surface area (Å²) in [5.74, 6) is -1.05. The van der Waals surface area contributed by atoms with Crippen LogP contribution in [0.25, 0.3) is 0 Å². The standard InChI is InChI=1S/C14H20N2O3S/c1-14(2,20-3)10-15-13(19)16(9-12(17)18)11-7-5-4-6-8-11/h4-8H,9-10H2,1-3H3,(H,15,19)(H,17,18). The maximum absolute atomic E-state index is 12.2. The molecule has 1 aromatic carbocycles. The Morgan fingerprint density at radius 2 is 1.90 bits per heavy atom. The van der Waals surface area contributed by atoms with Crippen molar-refractivity contribution in [3.8, 4) is 0 Å². The summed E-state index contributed by atoms with van der Waals surface area (Å²) in [6.07, 6.45) is 1.97. The number of carboxylic acid groups (broad SMARTS) is 1. The van der Waals surface area contributed by atoms with E-state index in [4.69, 9.17) is 5.11 Å². The van der Waals surface area contributed by atoms with E-state index >= 15 is 0 Å². The van der Waals surface area contributed by atoms with Gasteiger partial charge in [-0.3, -0.25) is 9.69 Å². The summed E-state index contributed by atoms with van der Waals surface area (Å²) < 4.78 is -0.0960. The first-order valence-corrected chi connectivity index (χ1v) is 7.45. The molecule has 0 spiro atoms. The van der Waals surface area contributed by atoms with Gasteiger partial charge in [-0.15, -0.1) is 0 Å². The number of nitrogens with zero attached hydrogens (tertiary/aromatic N) is 1. The number of hydrogen-bond donors (Lipinski definition) is 2. The molecule has 0 unspecified atom stereocenters. The van der Waals surface area contributed by atoms with E-state index in [1.165, 1.54) is 4.90 Å². The van der Waals surface area contributed by atoms with Crippen molar-refractivity contribution in [2.75, 3.05) is 24.2 Å². The SMILES string of the molecule is CSC(C)(C)CNC(=O)N(CC(=O)O)c1ccccc1. The summed E-state index contributed by atoms with van der Waals surface area (Å²) in [6.45, 7) is 4.13. The predicted octanol–water partition coefficient (Wildman–Crippen LogP) is 2.43. The fourth-order valence-corrected chi connectivity index (χ4v) is 1.70. The number of nitrogens with one attached hydrogen (secondary N) is 1. The zero-order valence-corrected chi connectivity index (χ0v) is 12.7. The number of rotatable bonds is 6. The fourth-order valence-electron chi connectivity index (χ4n) is 1.48. The summed E-state index contributed by atoms with van der Waals surface area (Å²) in [7, 11) is 0. The summed E-state index contributed by atoms with van der Waals surface area (Å²) in [4.78, 5) is 24.3. The number of carbonyl (C=O) groups is 2. The molecule has 1 rings (SSSR count). The second-order valence-corrected chi connectivity index (χ2v) is 6.45. The van der Waals surface area contributed by atoms with Crippen LogP contribution in [0.4, 0.5) is 10.5 Å². The number of benzene rings is 1. The molecule has 0 heterocycles. The normalized spacial score (nSPS) is 10.9. The smallest absolute Gasteiger partial charge is 0.323 e. The van der Waals surface area contributed by atoms with Gasteiger partial charge in [0.25, 0.3) is 0 Å². The molecule has 0 bridgehead atoms. The van der Waals surface area contributed by atoms with E-state index in [1.807, 2.05) is 26.2 Å². The van der Waals surface area contributed by atoms with Crippen molar-refractivity contribution in [3.05, 3.63) is 30.3 Å². The highest BCUT2D eigenvalue weighted by Gasteiger charge is 2.22. The number of amides is 2. The predicted molar refractivity (Wildman–Crippen MR) is 82.4 cm³/mol. The highest BCUT2D eigenvalue weighted by molar-refractivity contribution is 7.99. The van der Waals surface area contributed by atoms with Gasteiger partial charge in [-0.25, -0.2) is 4.79 Å². The molecular weight excluding hydrogens is 276 g/mol. The van der Waals surface area contributed by atoms with Crippen LogP contribution in [0.15, 0.2) is 30.3 Å². The van der Waals surface area contributed by atoms with Gasteiger partial charge in [-0.1, -0.05) is 18.2 Å². The van der Waals surface area contributed by atoms with Gasteiger partial charge in [0.2, 0.25) is 0 Å². The third-order valence-electron chi connectivity index (χ3n) is 2.82. The van der Waals surface area contributed by atoms with Crippen molar-refractivity contribution >= 4 is 29.4 Å². The molecule has 0 aliphatic carbocycles. The Morgan fingerprint density at radius 3 is 2.40 bits per heavy atom. The Labute approximate surface area is 123 Å². The van der Waals surface area contributed by atoms with Crippen molar-refractivity contribution in [2.45, 2.75) is 18.6 Å². The van der Waals surface area contributed by atoms with Gasteiger partial charge in [0.1, 0.15) is 6.54 Å². The lowest BCUT2D eigenvalue weighted by Crippen LogP contribution is -2.46. The first kappa shape index (κ1) is 16.4. The molecule has 0 aliphatic heterocycles. The minimum absolute atomic E-state index is 0.0960. The zero-order chi connectivity index (χ0) is 15.2. The fraction of sp³-hybridized carbons (Fsp3) is 0.429. The molecule has 0 fully saturated rings. The Kier molecular flexibility index (Phi) is 5.88. The largest absolute Gasteiger partial charge is 0.480 e. The van der Waals surface area contributed by atoms with E-state index < -0.39 is 12.0 Å². The Hall–Kier alpha value is -1.69. The highest BCUT2D eigenvalue weighted by Crippen LogP contribution is 2.20. The molecule has 0 saturated carbocycles. The third kappa shape index (κ3) is 5.13. The van der Waals surface area contributed by atoms with E-state index in [-0.39, 0.29) is 11.3 Å². The van der Waals surface area contributed by atoms with Crippen LogP contribution >= 0.6 is 11.8 Å². The molecule has 0 aliphatic rings. The van der Waals surface area contributed by atoms with Gasteiger partial charge in [0.05, 0.1) is 0 Å². The topological polar surface area (TPSA) is 69.6 Å². The van der Waals surface area contributed by atoms with Gasteiger partial charge < -0.3 is 10.4 Å². The molecule has 0 atom stereocenters. The average Bonchev–Trinajstić information content (AvgIpc) is 2.43. The highest BCUT2D eigenvalue weighted by atomic mass is 32.2. The van der Waals surface area contributed by atoms with Gasteiger partial charge >= 0.3 is 12.0 Å². The molecule has 0 aromatic heterocycles. The monoisotopic (exact) mass is 296 g/mol. The molecule has 5 nitrogen and oxygen atoms in total. The van der Waals surface area contributed by atoms with Gasteiger partial charge in [-0.05, 0) is 32.2 Å². The van der Waals surface area contributed by atoms with Crippen molar-refractivity contribution in [3.63, 3.8) is 0 Å². The van der Waals surface area contributed by atoms with E-state index in [9.17, 15) is 9.59 Å². The lowest BCUT2D eigenvalue weighted by atomic mass is 10.2. The van der Waals surface area contributed by atoms with Crippen LogP contribution in [0.5, 0.6) is 0 Å². The summed E-state index contributed by atoms with van der Waals surface area (Å²) in [6, 6.07) is 8.37. The van der Waals surface area contributed by atoms with Crippen molar-refractivity contribution in [1.82, 2.24) is 5.32 Å². The van der Waals surface area contributed by atoms with Crippen LogP contribution in [0.1, 0.15) is 13.8 Å². The van der Waals surface area contributed by atoms with Gasteiger partial charge in [0.15, 0.2) is 0 Å². The van der Waals surface area contributed by atoms with Gasteiger partial charge in [-0.2, -0.15) is 11.8 Å². The van der Waals surface area contributed by atoms with Crippen molar-refractivity contribution in [2.24, 2.45) is 0 Å². The van der Waals surface area contributed by atoms with E-state index in [2.05, 4.69) is 5.32 Å². The first-order chi connectivity index (χ1) is 9.35. The van der Waals surface area contributed by atoms with Crippen LogP contribution in [0, 0.1) is 0 Å². The minimum Gasteiger partial charge on any atom is -0.480 e. The van der Waals surface area contributed by atoms with Crippen LogP contribution in [0.3, 0.4) is 0 Å². The third-order valence-corrected chi connectivity index (χ3v) is 4.07. The number of carboxylic acids is 1. The first-order valence-electron chi connectivity index (χ1n) is 6.23. The molecule has 6 heteroatoms. The maximum atomic E-state index is 12.2. The van der Waals surface area contributed by atoms with E-state index in [0.717, 1.165) is 0 Å². The second kappa shape index (κ2) is 7.19. The maximum Gasteiger partial charge on any atom is 0.323 e. The Morgan fingerprint density at radius 1 is 1.30 bits per heavy atom. The number of anilines is 1. The Balaban J connectivity index is 2.79. The molecule has 2 N–H and O–H groups in total. The molecule has 0 saturated heterocycles. The van der Waals surface area contributed by atoms with Crippen LogP contribution in [-0.2, 0) is 4.79 Å². The summed E-state index contributed by atoms with van der Waals surface area (Å²) >= 11 is 1.64. The number of carbonyl (C=O) groups excluding carboxylic acids is 1. The molecule has 2 amide bonds. The molecule has 110 valence electrons. The summed E-state index contributed by atoms with van der Waals surface area (Å²) in [5, 5.41) is 11.7. The summed E-state index contributed by atoms with van der Waals surface area (Å²) in [5.41, 5.74) is 0.564. The number of thioether (sulfide) groups is 1. The van der Waals surface area contributed by atoms with Crippen LogP contribution < -0.4 is 10.2 Å². The molecular formula is C14H20N2O3S. The van der Waals surface area contributed by atoms with Crippen LogP contribution in [0.2, 0.25) is 0 Å². The number of urea groups is 1. The Bertz CT molecular complexity index is 463. The number of para-hydroxylation sites is 1. The minimum atomic E-state index is -1.05. The van der Waals surface area contributed by atoms with E-state index in [0.29, 0.717) is 12.2 Å². The lowest BCUT2D eigenvalue weighted by Gasteiger charge is -2.26. The quantitative estimate of drug-likeness (QED) is 0.846. The number of hydrogen-bond acceptors (Lipinski definition) is 3. The van der Waals surface area contributed by atoms with Crippen LogP contribution in [-0.4, -0.2) is 41.2 Å². The lowest BCUT2D eigenvalue weighted by molar-refractivity contribution is -0.135.